The van der Waals surface area contributed by atoms with E-state index < -0.39 is 0 Å². The van der Waals surface area contributed by atoms with Gasteiger partial charge < -0.3 is 10.1 Å². The van der Waals surface area contributed by atoms with Gasteiger partial charge in [-0.3, -0.25) is 0 Å². The summed E-state index contributed by atoms with van der Waals surface area (Å²) in [5.41, 5.74) is 1.40. The van der Waals surface area contributed by atoms with Crippen molar-refractivity contribution in [2.45, 2.75) is 44.9 Å². The average Bonchev–Trinajstić information content (AvgIpc) is 2.68. The molecule has 1 atom stereocenters. The van der Waals surface area contributed by atoms with Gasteiger partial charge in [-0.25, -0.2) is 0 Å². The molecular weight excluding hydrogens is 210 g/mol. The minimum absolute atomic E-state index is 0.212. The fourth-order valence-corrected chi connectivity index (χ4v) is 2.21. The average molecular weight is 231 g/mol. The minimum atomic E-state index is 0.212. The van der Waals surface area contributed by atoms with E-state index in [1.807, 2.05) is 18.2 Å². The van der Waals surface area contributed by atoms with E-state index in [0.717, 1.165) is 12.2 Å². The Labute approximate surface area is 104 Å². The molecule has 1 aromatic carbocycles. The van der Waals surface area contributed by atoms with Crippen LogP contribution in [0, 0.1) is 0 Å². The van der Waals surface area contributed by atoms with Crippen molar-refractivity contribution in [1.82, 2.24) is 5.32 Å². The predicted octanol–water partition coefficient (Wildman–Crippen LogP) is 3.25. The Hall–Kier alpha value is -1.28. The Morgan fingerprint density at radius 2 is 2.12 bits per heavy atom. The van der Waals surface area contributed by atoms with Gasteiger partial charge in [-0.1, -0.05) is 36.9 Å². The number of nitrogens with one attached hydrogen (secondary N) is 1. The highest BCUT2D eigenvalue weighted by Gasteiger charge is 2.31. The lowest BCUT2D eigenvalue weighted by Gasteiger charge is -2.21. The first-order valence-electron chi connectivity index (χ1n) is 6.20. The maximum absolute atomic E-state index is 5.75. The summed E-state index contributed by atoms with van der Waals surface area (Å²) >= 11 is 0. The maximum atomic E-state index is 5.75. The molecule has 2 rings (SSSR count). The van der Waals surface area contributed by atoms with Crippen LogP contribution in [-0.2, 0) is 11.3 Å². The summed E-state index contributed by atoms with van der Waals surface area (Å²) in [6.45, 7) is 9.08. The molecule has 1 aromatic rings. The molecule has 0 aliphatic carbocycles. The van der Waals surface area contributed by atoms with E-state index >= 15 is 0 Å². The summed E-state index contributed by atoms with van der Waals surface area (Å²) in [5.74, 6) is 0.861. The Balaban J connectivity index is 1.83. The summed E-state index contributed by atoms with van der Waals surface area (Å²) in [7, 11) is 0. The maximum Gasteiger partial charge on any atom is 0.113 e. The zero-order valence-electron chi connectivity index (χ0n) is 10.7. The van der Waals surface area contributed by atoms with Crippen LogP contribution in [0.1, 0.15) is 32.3 Å². The molecule has 92 valence electrons. The lowest BCUT2D eigenvalue weighted by molar-refractivity contribution is 0.175. The van der Waals surface area contributed by atoms with Crippen molar-refractivity contribution < 1.29 is 4.74 Å². The van der Waals surface area contributed by atoms with Crippen molar-refractivity contribution in [3.05, 3.63) is 48.2 Å². The second-order valence-electron chi connectivity index (χ2n) is 5.36. The third-order valence-corrected chi connectivity index (χ3v) is 3.28. The van der Waals surface area contributed by atoms with E-state index in [-0.39, 0.29) is 5.54 Å². The first-order chi connectivity index (χ1) is 8.07. The van der Waals surface area contributed by atoms with Crippen LogP contribution in [0.3, 0.4) is 0 Å². The van der Waals surface area contributed by atoms with Crippen molar-refractivity contribution in [2.24, 2.45) is 0 Å². The largest absolute Gasteiger partial charge is 0.492 e. The van der Waals surface area contributed by atoms with Gasteiger partial charge in [-0.2, -0.15) is 0 Å². The van der Waals surface area contributed by atoms with Crippen LogP contribution in [-0.4, -0.2) is 11.6 Å². The van der Waals surface area contributed by atoms with Gasteiger partial charge >= 0.3 is 0 Å². The van der Waals surface area contributed by atoms with E-state index in [1.165, 1.54) is 12.0 Å². The fraction of sp³-hybridized carbons (Fsp3) is 0.467. The summed E-state index contributed by atoms with van der Waals surface area (Å²) in [6.07, 6.45) is 2.28. The summed E-state index contributed by atoms with van der Waals surface area (Å²) in [6, 6.07) is 10.5. The first kappa shape index (κ1) is 12.2. The van der Waals surface area contributed by atoms with E-state index in [2.05, 4.69) is 37.9 Å². The van der Waals surface area contributed by atoms with Gasteiger partial charge in [0.1, 0.15) is 12.4 Å². The molecule has 17 heavy (non-hydrogen) atoms. The Bertz CT molecular complexity index is 383. The van der Waals surface area contributed by atoms with Gasteiger partial charge in [-0.05, 0) is 32.3 Å². The van der Waals surface area contributed by atoms with Crippen molar-refractivity contribution in [3.63, 3.8) is 0 Å². The molecule has 1 aliphatic rings. The molecule has 0 spiro atoms. The van der Waals surface area contributed by atoms with Crippen molar-refractivity contribution in [2.75, 3.05) is 0 Å². The lowest BCUT2D eigenvalue weighted by atomic mass is 10.0. The predicted molar refractivity (Wildman–Crippen MR) is 70.6 cm³/mol. The molecule has 0 unspecified atom stereocenters. The second-order valence-corrected chi connectivity index (χ2v) is 5.36. The molecule has 1 heterocycles. The zero-order chi connectivity index (χ0) is 12.3. The number of benzene rings is 1. The summed E-state index contributed by atoms with van der Waals surface area (Å²) < 4.78 is 5.75. The second kappa shape index (κ2) is 4.92. The lowest BCUT2D eigenvalue weighted by Crippen LogP contribution is -2.38. The molecule has 2 nitrogen and oxygen atoms in total. The Morgan fingerprint density at radius 3 is 2.71 bits per heavy atom. The van der Waals surface area contributed by atoms with E-state index in [4.69, 9.17) is 4.74 Å². The van der Waals surface area contributed by atoms with Gasteiger partial charge in [0, 0.05) is 5.54 Å². The minimum Gasteiger partial charge on any atom is -0.492 e. The molecule has 0 radical (unpaired) electrons. The van der Waals surface area contributed by atoms with Crippen LogP contribution < -0.4 is 5.32 Å². The highest BCUT2D eigenvalue weighted by atomic mass is 16.5. The molecule has 1 fully saturated rings. The zero-order valence-corrected chi connectivity index (χ0v) is 10.7. The smallest absolute Gasteiger partial charge is 0.113 e. The Kier molecular flexibility index (Phi) is 3.53. The molecule has 0 aromatic heterocycles. The molecule has 0 amide bonds. The monoisotopic (exact) mass is 231 g/mol. The highest BCUT2D eigenvalue weighted by Crippen LogP contribution is 2.26. The van der Waals surface area contributed by atoms with Crippen LogP contribution in [0.25, 0.3) is 0 Å². The molecule has 2 heteroatoms. The molecule has 1 saturated heterocycles. The van der Waals surface area contributed by atoms with Crippen LogP contribution >= 0.6 is 0 Å². The SMILES string of the molecule is C=C(OCc1ccccc1)[C@@H]1CCC(C)(C)N1. The standard InChI is InChI=1S/C15H21NO/c1-12(14-9-10-15(2,3)16-14)17-11-13-7-5-4-6-8-13/h4-8,14,16H,1,9-11H2,2-3H3/t14-/m0/s1. The van der Waals surface area contributed by atoms with Gasteiger partial charge in [0.15, 0.2) is 0 Å². The quantitative estimate of drug-likeness (QED) is 0.803. The highest BCUT2D eigenvalue weighted by molar-refractivity contribution is 5.14. The number of hydrogen-bond acceptors (Lipinski definition) is 2. The van der Waals surface area contributed by atoms with Crippen LogP contribution in [0.2, 0.25) is 0 Å². The normalized spacial score (nSPS) is 22.4. The summed E-state index contributed by atoms with van der Waals surface area (Å²) in [4.78, 5) is 0. The fourth-order valence-electron chi connectivity index (χ4n) is 2.21. The van der Waals surface area contributed by atoms with Gasteiger partial charge in [0.05, 0.1) is 6.04 Å². The van der Waals surface area contributed by atoms with E-state index in [0.29, 0.717) is 12.6 Å². The summed E-state index contributed by atoms with van der Waals surface area (Å²) in [5, 5.41) is 3.54. The number of ether oxygens (including phenoxy) is 1. The topological polar surface area (TPSA) is 21.3 Å². The van der Waals surface area contributed by atoms with E-state index in [1.54, 1.807) is 0 Å². The number of hydrogen-bond donors (Lipinski definition) is 1. The van der Waals surface area contributed by atoms with Crippen LogP contribution in [0.15, 0.2) is 42.7 Å². The van der Waals surface area contributed by atoms with Crippen molar-refractivity contribution in [3.8, 4) is 0 Å². The van der Waals surface area contributed by atoms with Crippen LogP contribution in [0.5, 0.6) is 0 Å². The molecular formula is C15H21NO. The van der Waals surface area contributed by atoms with Crippen molar-refractivity contribution in [1.29, 1.82) is 0 Å². The Morgan fingerprint density at radius 1 is 1.41 bits per heavy atom. The third kappa shape index (κ3) is 3.34. The van der Waals surface area contributed by atoms with E-state index in [9.17, 15) is 0 Å². The van der Waals surface area contributed by atoms with Crippen molar-refractivity contribution >= 4 is 0 Å². The molecule has 1 N–H and O–H groups in total. The molecule has 1 aliphatic heterocycles. The first-order valence-corrected chi connectivity index (χ1v) is 6.20. The van der Waals surface area contributed by atoms with Crippen LogP contribution in [0.4, 0.5) is 0 Å². The van der Waals surface area contributed by atoms with Gasteiger partial charge in [0.25, 0.3) is 0 Å². The van der Waals surface area contributed by atoms with Gasteiger partial charge in [0.2, 0.25) is 0 Å². The number of rotatable bonds is 4. The third-order valence-electron chi connectivity index (χ3n) is 3.28. The molecule has 0 bridgehead atoms. The molecule has 0 saturated carbocycles. The van der Waals surface area contributed by atoms with Gasteiger partial charge in [-0.15, -0.1) is 0 Å².